The maximum Gasteiger partial charge on any atom is 0.252 e. The molecule has 0 aliphatic heterocycles. The van der Waals surface area contributed by atoms with E-state index in [9.17, 15) is 9.18 Å². The predicted molar refractivity (Wildman–Crippen MR) is 87.8 cm³/mol. The Hall–Kier alpha value is -2.07. The maximum atomic E-state index is 14.1. The molecule has 0 radical (unpaired) electrons. The second kappa shape index (κ2) is 5.85. The van der Waals surface area contributed by atoms with Crippen molar-refractivity contribution in [1.82, 2.24) is 0 Å². The van der Waals surface area contributed by atoms with Crippen LogP contribution in [-0.4, -0.2) is 13.0 Å². The zero-order valence-corrected chi connectivity index (χ0v) is 13.7. The molecule has 0 heterocycles. The Balaban J connectivity index is 2.14. The van der Waals surface area contributed by atoms with Crippen molar-refractivity contribution in [3.63, 3.8) is 0 Å². The monoisotopic (exact) mass is 333 g/mol. The highest BCUT2D eigenvalue weighted by Gasteiger charge is 2.29. The van der Waals surface area contributed by atoms with Crippen LogP contribution in [0, 0.1) is 12.7 Å². The Kier molecular flexibility index (Phi) is 4.02. The first-order valence-corrected chi connectivity index (χ1v) is 7.77. The van der Waals surface area contributed by atoms with Crippen molar-refractivity contribution in [2.45, 2.75) is 25.7 Å². The van der Waals surface area contributed by atoms with Crippen molar-refractivity contribution in [1.29, 1.82) is 0 Å². The summed E-state index contributed by atoms with van der Waals surface area (Å²) < 4.78 is 19.5. The van der Waals surface area contributed by atoms with Crippen LogP contribution in [-0.2, 0) is 6.42 Å². The fraction of sp³-hybridized carbons (Fsp3) is 0.278. The third-order valence-electron chi connectivity index (χ3n) is 4.55. The summed E-state index contributed by atoms with van der Waals surface area (Å²) in [6, 6.07) is 6.72. The Bertz CT molecular complexity index is 804. The van der Waals surface area contributed by atoms with Gasteiger partial charge in [-0.25, -0.2) is 4.39 Å². The fourth-order valence-electron chi connectivity index (χ4n) is 3.51. The van der Waals surface area contributed by atoms with Crippen molar-refractivity contribution in [2.24, 2.45) is 5.73 Å². The molecule has 3 rings (SSSR count). The van der Waals surface area contributed by atoms with Crippen molar-refractivity contribution >= 4 is 17.5 Å². The summed E-state index contributed by atoms with van der Waals surface area (Å²) in [5.41, 5.74) is 9.23. The molecule has 1 aliphatic carbocycles. The molecule has 0 fully saturated rings. The quantitative estimate of drug-likeness (QED) is 0.923. The lowest BCUT2D eigenvalue weighted by molar-refractivity contribution is 0.0997. The first kappa shape index (κ1) is 15.8. The summed E-state index contributed by atoms with van der Waals surface area (Å²) in [5, 5.41) is 0.395. The predicted octanol–water partition coefficient (Wildman–Crippen LogP) is 3.97. The lowest BCUT2D eigenvalue weighted by Gasteiger charge is -2.19. The number of methoxy groups -OCH3 is 1. The van der Waals surface area contributed by atoms with Crippen LogP contribution in [0.3, 0.4) is 0 Å². The normalized spacial score (nSPS) is 16.3. The van der Waals surface area contributed by atoms with Crippen LogP contribution in [0.1, 0.15) is 45.0 Å². The number of ether oxygens (including phenoxy) is 1. The average molecular weight is 334 g/mol. The molecule has 2 aromatic rings. The largest absolute Gasteiger partial charge is 0.496 e. The smallest absolute Gasteiger partial charge is 0.252 e. The number of fused-ring (bicyclic) bond motifs is 1. The standard InChI is InChI=1S/C18H17ClFNO2/c1-9-11(3-6-14(18(21)22)17(9)23-2)12-4-5-13-15(12)7-10(19)8-16(13)20/h3,6-8,12H,4-5H2,1-2H3,(H2,21,22)/t12-/m1/s1. The van der Waals surface area contributed by atoms with E-state index in [2.05, 4.69) is 0 Å². The maximum absolute atomic E-state index is 14.1. The van der Waals surface area contributed by atoms with E-state index in [1.54, 1.807) is 6.07 Å². The molecule has 5 heteroatoms. The van der Waals surface area contributed by atoms with Crippen molar-refractivity contribution in [3.05, 3.63) is 62.9 Å². The molecule has 120 valence electrons. The first-order chi connectivity index (χ1) is 10.9. The molecular weight excluding hydrogens is 317 g/mol. The Labute approximate surface area is 139 Å². The van der Waals surface area contributed by atoms with Gasteiger partial charge in [0.05, 0.1) is 12.7 Å². The minimum absolute atomic E-state index is 0.0361. The van der Waals surface area contributed by atoms with E-state index in [1.165, 1.54) is 13.2 Å². The summed E-state index contributed by atoms with van der Waals surface area (Å²) in [7, 11) is 1.51. The van der Waals surface area contributed by atoms with Crippen molar-refractivity contribution in [3.8, 4) is 5.75 Å². The molecule has 0 unspecified atom stereocenters. The Morgan fingerprint density at radius 2 is 2.09 bits per heavy atom. The van der Waals surface area contributed by atoms with Crippen molar-refractivity contribution < 1.29 is 13.9 Å². The van der Waals surface area contributed by atoms with Crippen LogP contribution in [0.2, 0.25) is 5.02 Å². The van der Waals surface area contributed by atoms with E-state index in [-0.39, 0.29) is 11.7 Å². The van der Waals surface area contributed by atoms with Crippen molar-refractivity contribution in [2.75, 3.05) is 7.11 Å². The number of halogens is 2. The minimum Gasteiger partial charge on any atom is -0.496 e. The van der Waals surface area contributed by atoms with E-state index in [0.29, 0.717) is 22.8 Å². The second-order valence-electron chi connectivity index (χ2n) is 5.77. The number of rotatable bonds is 3. The molecule has 0 saturated carbocycles. The molecule has 3 nitrogen and oxygen atoms in total. The van der Waals surface area contributed by atoms with E-state index < -0.39 is 5.91 Å². The number of amides is 1. The molecule has 23 heavy (non-hydrogen) atoms. The molecule has 1 aliphatic rings. The van der Waals surface area contributed by atoms with Gasteiger partial charge in [-0.05, 0) is 60.2 Å². The van der Waals surface area contributed by atoms with Crippen LogP contribution < -0.4 is 10.5 Å². The molecule has 2 aromatic carbocycles. The van der Waals surface area contributed by atoms with Gasteiger partial charge in [-0.1, -0.05) is 17.7 Å². The lowest BCUT2D eigenvalue weighted by atomic mass is 9.88. The molecule has 0 saturated heterocycles. The van der Waals surface area contributed by atoms with Gasteiger partial charge in [-0.2, -0.15) is 0 Å². The summed E-state index contributed by atoms with van der Waals surface area (Å²) in [6.07, 6.45) is 1.47. The van der Waals surface area contributed by atoms with Gasteiger partial charge >= 0.3 is 0 Å². The molecule has 0 bridgehead atoms. The van der Waals surface area contributed by atoms with Gasteiger partial charge in [0, 0.05) is 10.9 Å². The second-order valence-corrected chi connectivity index (χ2v) is 6.21. The number of carbonyl (C=O) groups excluding carboxylic acids is 1. The molecule has 1 amide bonds. The van der Waals surface area contributed by atoms with Crippen LogP contribution in [0.15, 0.2) is 24.3 Å². The van der Waals surface area contributed by atoms with Gasteiger partial charge in [0.15, 0.2) is 0 Å². The number of primary amides is 1. The molecule has 0 aromatic heterocycles. The van der Waals surface area contributed by atoms with E-state index >= 15 is 0 Å². The summed E-state index contributed by atoms with van der Waals surface area (Å²) in [4.78, 5) is 11.5. The first-order valence-electron chi connectivity index (χ1n) is 7.39. The average Bonchev–Trinajstić information content (AvgIpc) is 2.90. The Morgan fingerprint density at radius 3 is 2.74 bits per heavy atom. The Morgan fingerprint density at radius 1 is 1.35 bits per heavy atom. The highest BCUT2D eigenvalue weighted by atomic mass is 35.5. The zero-order valence-electron chi connectivity index (χ0n) is 13.0. The van der Waals surface area contributed by atoms with Gasteiger partial charge in [0.1, 0.15) is 11.6 Å². The van der Waals surface area contributed by atoms with Gasteiger partial charge in [0.2, 0.25) is 0 Å². The van der Waals surface area contributed by atoms with Gasteiger partial charge in [-0.3, -0.25) is 4.79 Å². The van der Waals surface area contributed by atoms with E-state index in [0.717, 1.165) is 28.7 Å². The zero-order chi connectivity index (χ0) is 16.7. The van der Waals surface area contributed by atoms with Crippen LogP contribution in [0.4, 0.5) is 4.39 Å². The fourth-order valence-corrected chi connectivity index (χ4v) is 3.72. The summed E-state index contributed by atoms with van der Waals surface area (Å²) in [5.74, 6) is -0.272. The van der Waals surface area contributed by atoms with E-state index in [1.807, 2.05) is 19.1 Å². The third kappa shape index (κ3) is 2.57. The number of hydrogen-bond acceptors (Lipinski definition) is 2. The SMILES string of the molecule is COc1c(C(N)=O)ccc([C@H]2CCc3c(F)cc(Cl)cc32)c1C. The van der Waals surface area contributed by atoms with Crippen LogP contribution in [0.25, 0.3) is 0 Å². The number of nitrogens with two attached hydrogens (primary N) is 1. The topological polar surface area (TPSA) is 52.3 Å². The molecule has 0 spiro atoms. The van der Waals surface area contributed by atoms with Crippen LogP contribution in [0.5, 0.6) is 5.75 Å². The lowest BCUT2D eigenvalue weighted by Crippen LogP contribution is -2.14. The van der Waals surface area contributed by atoms with Gasteiger partial charge in [0.25, 0.3) is 5.91 Å². The molecule has 2 N–H and O–H groups in total. The van der Waals surface area contributed by atoms with Crippen LogP contribution >= 0.6 is 11.6 Å². The van der Waals surface area contributed by atoms with Gasteiger partial charge in [-0.15, -0.1) is 0 Å². The number of benzene rings is 2. The summed E-state index contributed by atoms with van der Waals surface area (Å²) >= 11 is 6.02. The summed E-state index contributed by atoms with van der Waals surface area (Å²) in [6.45, 7) is 1.89. The number of carbonyl (C=O) groups is 1. The van der Waals surface area contributed by atoms with Gasteiger partial charge < -0.3 is 10.5 Å². The highest BCUT2D eigenvalue weighted by molar-refractivity contribution is 6.30. The molecular formula is C18H17ClFNO2. The third-order valence-corrected chi connectivity index (χ3v) is 4.76. The number of hydrogen-bond donors (Lipinski definition) is 1. The highest BCUT2D eigenvalue weighted by Crippen LogP contribution is 2.43. The molecule has 1 atom stereocenters. The van der Waals surface area contributed by atoms with E-state index in [4.69, 9.17) is 22.1 Å². The minimum atomic E-state index is -0.530.